The smallest absolute Gasteiger partial charge is 0.415 e. The molecule has 1 aliphatic heterocycles. The molecular formula is C30H33N7O6. The van der Waals surface area contributed by atoms with Gasteiger partial charge in [0, 0.05) is 38.2 Å². The number of hydrogen-bond acceptors (Lipinski definition) is 10. The number of aromatic nitrogens is 4. The first kappa shape index (κ1) is 29.2. The topological polar surface area (TPSA) is 133 Å². The minimum absolute atomic E-state index is 0.0909. The highest BCUT2D eigenvalue weighted by Gasteiger charge is 2.36. The van der Waals surface area contributed by atoms with Crippen LogP contribution < -0.4 is 29.2 Å². The van der Waals surface area contributed by atoms with Crippen molar-refractivity contribution < 1.29 is 28.5 Å². The van der Waals surface area contributed by atoms with Gasteiger partial charge in [0.2, 0.25) is 5.91 Å². The molecule has 1 atom stereocenters. The summed E-state index contributed by atoms with van der Waals surface area (Å²) in [6.07, 6.45) is 6.32. The molecular weight excluding hydrogens is 554 g/mol. The number of piperazine rings is 1. The van der Waals surface area contributed by atoms with Crippen molar-refractivity contribution in [3.63, 3.8) is 0 Å². The van der Waals surface area contributed by atoms with Crippen LogP contribution in [0.15, 0.2) is 73.4 Å². The van der Waals surface area contributed by atoms with Gasteiger partial charge in [-0.15, -0.1) is 0 Å². The Morgan fingerprint density at radius 1 is 0.930 bits per heavy atom. The molecule has 0 radical (unpaired) electrons. The Morgan fingerprint density at radius 3 is 2.44 bits per heavy atom. The molecule has 2 aromatic carbocycles. The zero-order valence-electron chi connectivity index (χ0n) is 24.2. The Labute approximate surface area is 249 Å². The maximum Gasteiger partial charge on any atom is 0.415 e. The standard InChI is InChI=1S/C30H33N7O6/c1-40-22-5-7-23(8-6-22)43-30(39)36-14-15-37(28-10-11-32-27(34-28)19-35-13-12-31-20-35)24(18-36)29(38)33-17-21-4-9-25(41-2)26(16-21)42-3/h4-13,16,20,24H,14-15,17-19H2,1-3H3,(H,33,38). The molecule has 0 spiro atoms. The van der Waals surface area contributed by atoms with Crippen molar-refractivity contribution in [2.75, 3.05) is 45.9 Å². The van der Waals surface area contributed by atoms with Gasteiger partial charge in [-0.05, 0) is 48.0 Å². The van der Waals surface area contributed by atoms with Crippen LogP contribution in [0.3, 0.4) is 0 Å². The number of ether oxygens (including phenoxy) is 4. The number of rotatable bonds is 10. The van der Waals surface area contributed by atoms with Gasteiger partial charge in [-0.2, -0.15) is 0 Å². The third kappa shape index (κ3) is 7.12. The number of benzene rings is 2. The fourth-order valence-corrected chi connectivity index (χ4v) is 4.72. The molecule has 1 saturated heterocycles. The average molecular weight is 588 g/mol. The number of imidazole rings is 1. The summed E-state index contributed by atoms with van der Waals surface area (Å²) < 4.78 is 23.3. The predicted octanol–water partition coefficient (Wildman–Crippen LogP) is 2.75. The number of anilines is 1. The van der Waals surface area contributed by atoms with E-state index in [1.807, 2.05) is 27.8 Å². The van der Waals surface area contributed by atoms with Crippen LogP contribution in [0.5, 0.6) is 23.0 Å². The van der Waals surface area contributed by atoms with Gasteiger partial charge < -0.3 is 38.6 Å². The van der Waals surface area contributed by atoms with Crippen molar-refractivity contribution in [3.05, 3.63) is 84.8 Å². The molecule has 1 fully saturated rings. The largest absolute Gasteiger partial charge is 0.497 e. The molecule has 2 aromatic heterocycles. The second-order valence-electron chi connectivity index (χ2n) is 9.67. The van der Waals surface area contributed by atoms with Crippen LogP contribution in [-0.2, 0) is 17.9 Å². The maximum absolute atomic E-state index is 13.7. The average Bonchev–Trinajstić information content (AvgIpc) is 3.56. The fraction of sp³-hybridized carbons (Fsp3) is 0.300. The Balaban J connectivity index is 1.34. The summed E-state index contributed by atoms with van der Waals surface area (Å²) >= 11 is 0. The molecule has 13 heteroatoms. The van der Waals surface area contributed by atoms with E-state index in [-0.39, 0.29) is 19.0 Å². The van der Waals surface area contributed by atoms with Crippen LogP contribution in [0.2, 0.25) is 0 Å². The number of amides is 2. The van der Waals surface area contributed by atoms with E-state index in [4.69, 9.17) is 23.9 Å². The van der Waals surface area contributed by atoms with Gasteiger partial charge in [0.05, 0.1) is 40.7 Å². The predicted molar refractivity (Wildman–Crippen MR) is 156 cm³/mol. The third-order valence-electron chi connectivity index (χ3n) is 6.99. The third-order valence-corrected chi connectivity index (χ3v) is 6.99. The monoisotopic (exact) mass is 587 g/mol. The molecule has 5 rings (SSSR count). The molecule has 3 heterocycles. The summed E-state index contributed by atoms with van der Waals surface area (Å²) in [6.45, 7) is 1.45. The Hall–Kier alpha value is -5.33. The molecule has 13 nitrogen and oxygen atoms in total. The van der Waals surface area contributed by atoms with Gasteiger partial charge in [0.1, 0.15) is 29.2 Å². The first-order valence-electron chi connectivity index (χ1n) is 13.6. The highest BCUT2D eigenvalue weighted by Crippen LogP contribution is 2.28. The number of nitrogens with zero attached hydrogens (tertiary/aromatic N) is 6. The van der Waals surface area contributed by atoms with Crippen LogP contribution >= 0.6 is 0 Å². The van der Waals surface area contributed by atoms with Gasteiger partial charge in [0.15, 0.2) is 11.5 Å². The number of methoxy groups -OCH3 is 3. The molecule has 1 unspecified atom stereocenters. The first-order valence-corrected chi connectivity index (χ1v) is 13.6. The number of nitrogens with one attached hydrogen (secondary N) is 1. The van der Waals surface area contributed by atoms with Crippen LogP contribution in [0.4, 0.5) is 10.6 Å². The molecule has 1 N–H and O–H groups in total. The summed E-state index contributed by atoms with van der Waals surface area (Å²) in [4.78, 5) is 43.4. The highest BCUT2D eigenvalue weighted by atomic mass is 16.6. The minimum Gasteiger partial charge on any atom is -0.497 e. The van der Waals surface area contributed by atoms with Crippen LogP contribution in [0.25, 0.3) is 0 Å². The van der Waals surface area contributed by atoms with E-state index in [1.165, 1.54) is 4.90 Å². The van der Waals surface area contributed by atoms with Crippen LogP contribution in [0.1, 0.15) is 11.4 Å². The minimum atomic E-state index is -0.742. The summed E-state index contributed by atoms with van der Waals surface area (Å²) in [5.41, 5.74) is 0.828. The molecule has 0 aliphatic carbocycles. The summed E-state index contributed by atoms with van der Waals surface area (Å²) in [6, 6.07) is 13.2. The van der Waals surface area contributed by atoms with Gasteiger partial charge in [-0.1, -0.05) is 6.07 Å². The summed E-state index contributed by atoms with van der Waals surface area (Å²) in [7, 11) is 4.69. The molecule has 0 bridgehead atoms. The Kier molecular flexibility index (Phi) is 9.20. The molecule has 4 aromatic rings. The Bertz CT molecular complexity index is 1530. The maximum atomic E-state index is 13.7. The molecule has 43 heavy (non-hydrogen) atoms. The Morgan fingerprint density at radius 2 is 1.72 bits per heavy atom. The lowest BCUT2D eigenvalue weighted by molar-refractivity contribution is -0.123. The van der Waals surface area contributed by atoms with Crippen LogP contribution in [-0.4, -0.2) is 83.4 Å². The second-order valence-corrected chi connectivity index (χ2v) is 9.67. The van der Waals surface area contributed by atoms with Crippen molar-refractivity contribution in [1.82, 2.24) is 29.7 Å². The lowest BCUT2D eigenvalue weighted by atomic mass is 10.1. The van der Waals surface area contributed by atoms with Gasteiger partial charge in [-0.3, -0.25) is 4.79 Å². The molecule has 224 valence electrons. The molecule has 0 saturated carbocycles. The number of hydrogen-bond donors (Lipinski definition) is 1. The quantitative estimate of drug-likeness (QED) is 0.295. The zero-order chi connectivity index (χ0) is 30.2. The first-order chi connectivity index (χ1) is 21.0. The van der Waals surface area contributed by atoms with E-state index >= 15 is 0 Å². The van der Waals surface area contributed by atoms with Crippen molar-refractivity contribution in [3.8, 4) is 23.0 Å². The van der Waals surface area contributed by atoms with E-state index in [2.05, 4.69) is 15.3 Å². The SMILES string of the molecule is COc1ccc(OC(=O)N2CCN(c3ccnc(Cn4ccnc4)n3)C(C(=O)NCc3ccc(OC)c(OC)c3)C2)cc1. The van der Waals surface area contributed by atoms with Crippen molar-refractivity contribution >= 4 is 17.8 Å². The van der Waals surface area contributed by atoms with Gasteiger partial charge in [0.25, 0.3) is 0 Å². The number of carbonyl (C=O) groups is 2. The normalized spacial score (nSPS) is 14.6. The van der Waals surface area contributed by atoms with Crippen LogP contribution in [0, 0.1) is 0 Å². The lowest BCUT2D eigenvalue weighted by Crippen LogP contribution is -2.60. The van der Waals surface area contributed by atoms with Crippen molar-refractivity contribution in [2.24, 2.45) is 0 Å². The van der Waals surface area contributed by atoms with Crippen molar-refractivity contribution in [2.45, 2.75) is 19.1 Å². The van der Waals surface area contributed by atoms with E-state index in [9.17, 15) is 9.59 Å². The van der Waals surface area contributed by atoms with Gasteiger partial charge >= 0.3 is 6.09 Å². The van der Waals surface area contributed by atoms with Crippen molar-refractivity contribution in [1.29, 1.82) is 0 Å². The van der Waals surface area contributed by atoms with E-state index < -0.39 is 12.1 Å². The molecule has 2 amide bonds. The summed E-state index contributed by atoms with van der Waals surface area (Å²) in [5.74, 6) is 3.07. The van der Waals surface area contributed by atoms with E-state index in [1.54, 1.807) is 76.4 Å². The van der Waals surface area contributed by atoms with E-state index in [0.29, 0.717) is 54.3 Å². The molecule has 1 aliphatic rings. The van der Waals surface area contributed by atoms with Gasteiger partial charge in [-0.25, -0.2) is 19.7 Å². The zero-order valence-corrected chi connectivity index (χ0v) is 24.2. The summed E-state index contributed by atoms with van der Waals surface area (Å²) in [5, 5.41) is 3.00. The second kappa shape index (κ2) is 13.6. The highest BCUT2D eigenvalue weighted by molar-refractivity contribution is 5.86. The fourth-order valence-electron chi connectivity index (χ4n) is 4.72. The van der Waals surface area contributed by atoms with E-state index in [0.717, 1.165) is 5.56 Å². The number of carbonyl (C=O) groups excluding carboxylic acids is 2. The lowest BCUT2D eigenvalue weighted by Gasteiger charge is -2.40.